The maximum Gasteiger partial charge on any atom is 0.322 e. The fraction of sp³-hybridized carbons (Fsp3) is 0.263. The molecule has 8 nitrogen and oxygen atoms in total. The summed E-state index contributed by atoms with van der Waals surface area (Å²) in [6.07, 6.45) is 0. The molecule has 0 fully saturated rings. The van der Waals surface area contributed by atoms with Crippen LogP contribution in [-0.2, 0) is 16.6 Å². The van der Waals surface area contributed by atoms with Crippen LogP contribution in [0.15, 0.2) is 53.4 Å². The molecule has 0 aliphatic carbocycles. The van der Waals surface area contributed by atoms with Gasteiger partial charge in [0.25, 0.3) is 0 Å². The highest BCUT2D eigenvalue weighted by Gasteiger charge is 2.24. The summed E-state index contributed by atoms with van der Waals surface area (Å²) < 4.78 is 53.5. The quantitative estimate of drug-likeness (QED) is 0.601. The van der Waals surface area contributed by atoms with E-state index in [9.17, 15) is 12.8 Å². The molecule has 3 rings (SSSR count). The van der Waals surface area contributed by atoms with Crippen LogP contribution in [0.25, 0.3) is 0 Å². The van der Waals surface area contributed by atoms with Gasteiger partial charge in [-0.2, -0.15) is 0 Å². The van der Waals surface area contributed by atoms with Crippen LogP contribution in [0, 0.1) is 5.82 Å². The molecule has 0 aliphatic rings. The first-order valence-corrected chi connectivity index (χ1v) is 10.3. The number of methoxy groups -OCH3 is 1. The molecule has 10 heteroatoms. The molecule has 0 spiro atoms. The van der Waals surface area contributed by atoms with Crippen LogP contribution >= 0.6 is 0 Å². The summed E-state index contributed by atoms with van der Waals surface area (Å²) in [7, 11) is -2.35. The van der Waals surface area contributed by atoms with Gasteiger partial charge in [0.05, 0.1) is 18.0 Å². The van der Waals surface area contributed by atoms with Gasteiger partial charge in [-0.05, 0) is 50.2 Å². The monoisotopic (exact) mass is 420 g/mol. The lowest BCUT2D eigenvalue weighted by atomic mass is 10.3. The molecule has 3 aromatic rings. The zero-order valence-corrected chi connectivity index (χ0v) is 17.0. The van der Waals surface area contributed by atoms with E-state index in [2.05, 4.69) is 14.9 Å². The summed E-state index contributed by atoms with van der Waals surface area (Å²) in [5.74, 6) is 0.837. The molecule has 1 aromatic heterocycles. The summed E-state index contributed by atoms with van der Waals surface area (Å²) in [6, 6.07) is 11.2. The first-order valence-electron chi connectivity index (χ1n) is 8.87. The highest BCUT2D eigenvalue weighted by atomic mass is 32.2. The van der Waals surface area contributed by atoms with Gasteiger partial charge >= 0.3 is 6.01 Å². The maximum atomic E-state index is 13.1. The highest BCUT2D eigenvalue weighted by Crippen LogP contribution is 2.24. The summed E-state index contributed by atoms with van der Waals surface area (Å²) in [5.41, 5.74) is 0. The van der Waals surface area contributed by atoms with Crippen molar-refractivity contribution in [2.24, 2.45) is 0 Å². The van der Waals surface area contributed by atoms with Gasteiger partial charge in [-0.15, -0.1) is 5.10 Å². The minimum Gasteiger partial charge on any atom is -0.497 e. The van der Waals surface area contributed by atoms with Crippen LogP contribution in [0.3, 0.4) is 0 Å². The van der Waals surface area contributed by atoms with Gasteiger partial charge in [0, 0.05) is 12.6 Å². The number of rotatable bonds is 8. The molecule has 0 unspecified atom stereocenters. The molecule has 2 aromatic carbocycles. The number of ether oxygens (including phenoxy) is 2. The van der Waals surface area contributed by atoms with Crippen LogP contribution in [0.4, 0.5) is 4.39 Å². The second kappa shape index (κ2) is 8.58. The van der Waals surface area contributed by atoms with E-state index in [-0.39, 0.29) is 16.7 Å². The summed E-state index contributed by atoms with van der Waals surface area (Å²) in [5, 5.41) is 8.07. The molecule has 0 saturated heterocycles. The molecular weight excluding hydrogens is 399 g/mol. The second-order valence-corrected chi connectivity index (χ2v) is 7.88. The van der Waals surface area contributed by atoms with Crippen LogP contribution in [0.5, 0.6) is 17.5 Å². The Balaban J connectivity index is 1.82. The van der Waals surface area contributed by atoms with Gasteiger partial charge < -0.3 is 9.47 Å². The van der Waals surface area contributed by atoms with Gasteiger partial charge in [-0.1, -0.05) is 11.2 Å². The van der Waals surface area contributed by atoms with Crippen molar-refractivity contribution in [2.75, 3.05) is 7.11 Å². The number of hydrogen-bond donors (Lipinski definition) is 1. The molecule has 1 N–H and O–H groups in total. The molecule has 0 amide bonds. The average Bonchev–Trinajstić information content (AvgIpc) is 3.12. The fourth-order valence-corrected chi connectivity index (χ4v) is 3.96. The van der Waals surface area contributed by atoms with Gasteiger partial charge in [-0.3, -0.25) is 4.57 Å². The van der Waals surface area contributed by atoms with Crippen molar-refractivity contribution in [3.8, 4) is 17.5 Å². The highest BCUT2D eigenvalue weighted by molar-refractivity contribution is 7.89. The second-order valence-electron chi connectivity index (χ2n) is 6.16. The largest absolute Gasteiger partial charge is 0.497 e. The summed E-state index contributed by atoms with van der Waals surface area (Å²) in [6.45, 7) is 3.97. The van der Waals surface area contributed by atoms with E-state index in [1.807, 2.05) is 6.92 Å². The Hall–Kier alpha value is -2.98. The van der Waals surface area contributed by atoms with Crippen molar-refractivity contribution in [1.82, 2.24) is 19.5 Å². The van der Waals surface area contributed by atoms with Crippen LogP contribution in [-0.4, -0.2) is 30.3 Å². The molecule has 1 heterocycles. The molecule has 29 heavy (non-hydrogen) atoms. The van der Waals surface area contributed by atoms with E-state index in [4.69, 9.17) is 9.47 Å². The summed E-state index contributed by atoms with van der Waals surface area (Å²) in [4.78, 5) is 0.0778. The molecule has 0 radical (unpaired) electrons. The average molecular weight is 420 g/mol. The number of halogens is 1. The lowest BCUT2D eigenvalue weighted by Crippen LogP contribution is -2.29. The third kappa shape index (κ3) is 4.72. The molecular formula is C19H21FN4O4S. The predicted molar refractivity (Wildman–Crippen MR) is 104 cm³/mol. The smallest absolute Gasteiger partial charge is 0.322 e. The van der Waals surface area contributed by atoms with Gasteiger partial charge in [-0.25, -0.2) is 17.5 Å². The first-order chi connectivity index (χ1) is 13.8. The predicted octanol–water partition coefficient (Wildman–Crippen LogP) is 3.28. The van der Waals surface area contributed by atoms with Crippen molar-refractivity contribution in [3.05, 3.63) is 60.2 Å². The van der Waals surface area contributed by atoms with Gasteiger partial charge in [0.15, 0.2) is 5.82 Å². The Bertz CT molecular complexity index is 1080. The van der Waals surface area contributed by atoms with E-state index < -0.39 is 16.1 Å². The first kappa shape index (κ1) is 20.7. The van der Waals surface area contributed by atoms with Crippen LogP contribution in [0.2, 0.25) is 0 Å². The zero-order valence-electron chi connectivity index (χ0n) is 16.2. The number of hydrogen-bond acceptors (Lipinski definition) is 6. The SMILES string of the molecule is CCn1c(Oc2ccc(F)cc2)nnc1[C@@H](C)NS(=O)(=O)c1cccc(OC)c1. The van der Waals surface area contributed by atoms with Crippen LogP contribution in [0.1, 0.15) is 25.7 Å². The molecule has 154 valence electrons. The third-order valence-electron chi connectivity index (χ3n) is 4.16. The van der Waals surface area contributed by atoms with E-state index in [1.54, 1.807) is 23.6 Å². The van der Waals surface area contributed by atoms with Crippen molar-refractivity contribution in [1.29, 1.82) is 0 Å². The standard InChI is InChI=1S/C19H21FN4O4S/c1-4-24-18(21-22-19(24)28-15-10-8-14(20)9-11-15)13(2)23-29(25,26)17-7-5-6-16(12-17)27-3/h5-13,23H,4H2,1-3H3/t13-/m1/s1. The Morgan fingerprint density at radius 2 is 1.86 bits per heavy atom. The third-order valence-corrected chi connectivity index (χ3v) is 5.69. The van der Waals surface area contributed by atoms with E-state index in [1.165, 1.54) is 43.5 Å². The fourth-order valence-electron chi connectivity index (χ4n) is 2.72. The van der Waals surface area contributed by atoms with Crippen molar-refractivity contribution in [3.63, 3.8) is 0 Å². The number of benzene rings is 2. The number of aromatic nitrogens is 3. The van der Waals surface area contributed by atoms with E-state index in [0.717, 1.165) is 0 Å². The number of sulfonamides is 1. The minimum atomic E-state index is -3.81. The van der Waals surface area contributed by atoms with Crippen molar-refractivity contribution in [2.45, 2.75) is 31.3 Å². The lowest BCUT2D eigenvalue weighted by molar-refractivity contribution is 0.407. The Kier molecular flexibility index (Phi) is 6.14. The van der Waals surface area contributed by atoms with Crippen LogP contribution < -0.4 is 14.2 Å². The molecule has 0 bridgehead atoms. The maximum absolute atomic E-state index is 13.1. The number of nitrogens with zero attached hydrogens (tertiary/aromatic N) is 3. The topological polar surface area (TPSA) is 95.3 Å². The normalized spacial score (nSPS) is 12.6. The Labute approximate surface area is 168 Å². The lowest BCUT2D eigenvalue weighted by Gasteiger charge is -2.15. The molecule has 0 aliphatic heterocycles. The van der Waals surface area contributed by atoms with Crippen molar-refractivity contribution < 1.29 is 22.3 Å². The molecule has 1 atom stereocenters. The van der Waals surface area contributed by atoms with Crippen molar-refractivity contribution >= 4 is 10.0 Å². The summed E-state index contributed by atoms with van der Waals surface area (Å²) >= 11 is 0. The van der Waals surface area contributed by atoms with E-state index >= 15 is 0 Å². The van der Waals surface area contributed by atoms with Gasteiger partial charge in [0.1, 0.15) is 17.3 Å². The van der Waals surface area contributed by atoms with E-state index in [0.29, 0.717) is 23.9 Å². The Morgan fingerprint density at radius 1 is 1.14 bits per heavy atom. The zero-order chi connectivity index (χ0) is 21.0. The number of nitrogens with one attached hydrogen (secondary N) is 1. The Morgan fingerprint density at radius 3 is 2.52 bits per heavy atom. The minimum absolute atomic E-state index is 0.0778. The molecule has 0 saturated carbocycles. The van der Waals surface area contributed by atoms with Gasteiger partial charge in [0.2, 0.25) is 10.0 Å².